The standard InChI is InChI=1S/C29H52N2O4/c32-23-19-15-11-7-3-1-5-9-13-17-21-28(34)30-26-25-27(26)31-29(35)22-18-14-10-6-2-4-8-12-16-20-24-33/h17-18,21-22,26-27,32-33H,1-16,19-20,23-25H2,(H,30,34)(H,31,35)/t26-,27+. The van der Waals surface area contributed by atoms with Crippen LogP contribution in [0, 0.1) is 0 Å². The zero-order chi connectivity index (χ0) is 25.4. The summed E-state index contributed by atoms with van der Waals surface area (Å²) in [6, 6.07) is 0.0976. The lowest BCUT2D eigenvalue weighted by Gasteiger charge is -2.03. The minimum absolute atomic E-state index is 0.0488. The van der Waals surface area contributed by atoms with Crippen molar-refractivity contribution in [3.63, 3.8) is 0 Å². The molecule has 0 aliphatic heterocycles. The number of allylic oxidation sites excluding steroid dienone is 2. The maximum atomic E-state index is 12.0. The molecule has 0 spiro atoms. The van der Waals surface area contributed by atoms with E-state index in [2.05, 4.69) is 10.6 Å². The number of unbranched alkanes of at least 4 members (excludes halogenated alkanes) is 16. The summed E-state index contributed by atoms with van der Waals surface area (Å²) in [4.78, 5) is 24.0. The fraction of sp³-hybridized carbons (Fsp3) is 0.793. The lowest BCUT2D eigenvalue weighted by Crippen LogP contribution is -2.33. The minimum Gasteiger partial charge on any atom is -0.396 e. The third-order valence-corrected chi connectivity index (χ3v) is 6.54. The van der Waals surface area contributed by atoms with Crippen LogP contribution in [0.25, 0.3) is 0 Å². The van der Waals surface area contributed by atoms with E-state index in [1.807, 2.05) is 12.2 Å². The van der Waals surface area contributed by atoms with Crippen molar-refractivity contribution in [2.24, 2.45) is 0 Å². The number of rotatable bonds is 24. The van der Waals surface area contributed by atoms with Crippen LogP contribution in [0.4, 0.5) is 0 Å². The molecule has 0 saturated heterocycles. The Morgan fingerprint density at radius 3 is 1.20 bits per heavy atom. The van der Waals surface area contributed by atoms with Gasteiger partial charge in [0.15, 0.2) is 0 Å². The van der Waals surface area contributed by atoms with Crippen LogP contribution < -0.4 is 10.6 Å². The van der Waals surface area contributed by atoms with E-state index in [-0.39, 0.29) is 23.9 Å². The number of amides is 2. The van der Waals surface area contributed by atoms with Crippen LogP contribution in [0.1, 0.15) is 122 Å². The monoisotopic (exact) mass is 492 g/mol. The van der Waals surface area contributed by atoms with Gasteiger partial charge in [0.1, 0.15) is 0 Å². The van der Waals surface area contributed by atoms with E-state index in [0.717, 1.165) is 57.8 Å². The van der Waals surface area contributed by atoms with Crippen molar-refractivity contribution in [3.8, 4) is 0 Å². The quantitative estimate of drug-likeness (QED) is 0.106. The van der Waals surface area contributed by atoms with Gasteiger partial charge in [0, 0.05) is 13.2 Å². The molecule has 0 aromatic heterocycles. The Kier molecular flexibility index (Phi) is 20.4. The van der Waals surface area contributed by atoms with Crippen LogP contribution in [0.2, 0.25) is 0 Å². The fourth-order valence-electron chi connectivity index (χ4n) is 4.23. The number of carbonyl (C=O) groups excluding carboxylic acids is 2. The topological polar surface area (TPSA) is 98.7 Å². The highest BCUT2D eigenvalue weighted by molar-refractivity contribution is 5.89. The molecule has 1 saturated carbocycles. The molecular formula is C29H52N2O4. The van der Waals surface area contributed by atoms with Gasteiger partial charge in [-0.2, -0.15) is 0 Å². The summed E-state index contributed by atoms with van der Waals surface area (Å²) in [5, 5.41) is 23.4. The molecule has 0 bridgehead atoms. The molecule has 2 atom stereocenters. The summed E-state index contributed by atoms with van der Waals surface area (Å²) < 4.78 is 0. The van der Waals surface area contributed by atoms with Crippen molar-refractivity contribution in [3.05, 3.63) is 24.3 Å². The van der Waals surface area contributed by atoms with Crippen LogP contribution in [-0.2, 0) is 9.59 Å². The highest BCUT2D eigenvalue weighted by Crippen LogP contribution is 2.21. The number of hydrogen-bond donors (Lipinski definition) is 4. The third-order valence-electron chi connectivity index (χ3n) is 6.54. The first-order valence-electron chi connectivity index (χ1n) is 14.3. The number of hydrogen-bond acceptors (Lipinski definition) is 4. The third kappa shape index (κ3) is 20.3. The van der Waals surface area contributed by atoms with E-state index in [1.54, 1.807) is 12.2 Å². The molecule has 6 heteroatoms. The molecule has 202 valence electrons. The van der Waals surface area contributed by atoms with Crippen LogP contribution in [0.5, 0.6) is 0 Å². The number of aliphatic hydroxyl groups excluding tert-OH is 2. The van der Waals surface area contributed by atoms with Gasteiger partial charge in [0.25, 0.3) is 0 Å². The van der Waals surface area contributed by atoms with Gasteiger partial charge in [0.05, 0.1) is 12.1 Å². The summed E-state index contributed by atoms with van der Waals surface area (Å²) in [6.07, 6.45) is 28.5. The summed E-state index contributed by atoms with van der Waals surface area (Å²) in [5.41, 5.74) is 0. The van der Waals surface area contributed by atoms with Gasteiger partial charge in [0.2, 0.25) is 11.8 Å². The second-order valence-electron chi connectivity index (χ2n) is 9.95. The zero-order valence-corrected chi connectivity index (χ0v) is 22.0. The van der Waals surface area contributed by atoms with Gasteiger partial charge < -0.3 is 20.8 Å². The molecule has 1 rings (SSSR count). The molecule has 1 aliphatic rings. The Hall–Kier alpha value is -1.66. The van der Waals surface area contributed by atoms with Crippen LogP contribution >= 0.6 is 0 Å². The van der Waals surface area contributed by atoms with E-state index in [9.17, 15) is 9.59 Å². The first kappa shape index (κ1) is 31.4. The molecule has 1 aliphatic carbocycles. The number of aliphatic hydroxyl groups is 2. The molecular weight excluding hydrogens is 440 g/mol. The van der Waals surface area contributed by atoms with Gasteiger partial charge in [-0.25, -0.2) is 0 Å². The molecule has 4 N–H and O–H groups in total. The molecule has 0 unspecified atom stereocenters. The first-order chi connectivity index (χ1) is 17.2. The average molecular weight is 493 g/mol. The summed E-state index contributed by atoms with van der Waals surface area (Å²) in [5.74, 6) is -0.140. The molecule has 0 aromatic rings. The predicted molar refractivity (Wildman–Crippen MR) is 144 cm³/mol. The number of carbonyl (C=O) groups is 2. The molecule has 2 amide bonds. The second kappa shape index (κ2) is 22.8. The van der Waals surface area contributed by atoms with Crippen LogP contribution in [-0.4, -0.2) is 47.3 Å². The van der Waals surface area contributed by atoms with Crippen molar-refractivity contribution >= 4 is 11.8 Å². The Morgan fingerprint density at radius 2 is 0.857 bits per heavy atom. The molecule has 0 radical (unpaired) electrons. The van der Waals surface area contributed by atoms with Crippen molar-refractivity contribution in [2.75, 3.05) is 13.2 Å². The Balaban J connectivity index is 1.92. The zero-order valence-electron chi connectivity index (χ0n) is 22.0. The van der Waals surface area contributed by atoms with Gasteiger partial charge in [-0.15, -0.1) is 0 Å². The molecule has 0 aromatic carbocycles. The molecule has 1 fully saturated rings. The SMILES string of the molecule is O=C(C=CCCCCCCCCCCO)N[C@H]1C[C@H]1NC(=O)C=CCCCCCCCCCCO. The van der Waals surface area contributed by atoms with E-state index < -0.39 is 0 Å². The largest absolute Gasteiger partial charge is 0.396 e. The average Bonchev–Trinajstić information content (AvgIpc) is 3.57. The van der Waals surface area contributed by atoms with Crippen molar-refractivity contribution in [1.82, 2.24) is 10.6 Å². The van der Waals surface area contributed by atoms with E-state index in [4.69, 9.17) is 10.2 Å². The van der Waals surface area contributed by atoms with Gasteiger partial charge >= 0.3 is 0 Å². The summed E-state index contributed by atoms with van der Waals surface area (Å²) in [7, 11) is 0. The highest BCUT2D eigenvalue weighted by atomic mass is 16.3. The van der Waals surface area contributed by atoms with Gasteiger partial charge in [-0.05, 0) is 57.1 Å². The Bertz CT molecular complexity index is 541. The van der Waals surface area contributed by atoms with Gasteiger partial charge in [-0.1, -0.05) is 89.2 Å². The summed E-state index contributed by atoms with van der Waals surface area (Å²) in [6.45, 7) is 0.616. The first-order valence-corrected chi connectivity index (χ1v) is 14.3. The Labute approximate surface area is 214 Å². The van der Waals surface area contributed by atoms with Crippen molar-refractivity contribution in [2.45, 2.75) is 134 Å². The van der Waals surface area contributed by atoms with Crippen LogP contribution in [0.15, 0.2) is 24.3 Å². The van der Waals surface area contributed by atoms with E-state index in [1.165, 1.54) is 64.2 Å². The maximum absolute atomic E-state index is 12.0. The summed E-state index contributed by atoms with van der Waals surface area (Å²) >= 11 is 0. The minimum atomic E-state index is -0.0698. The Morgan fingerprint density at radius 1 is 0.543 bits per heavy atom. The van der Waals surface area contributed by atoms with E-state index >= 15 is 0 Å². The van der Waals surface area contributed by atoms with Crippen molar-refractivity contribution < 1.29 is 19.8 Å². The van der Waals surface area contributed by atoms with Gasteiger partial charge in [-0.3, -0.25) is 9.59 Å². The lowest BCUT2D eigenvalue weighted by atomic mass is 10.1. The predicted octanol–water partition coefficient (Wildman–Crippen LogP) is 5.48. The van der Waals surface area contributed by atoms with Crippen LogP contribution in [0.3, 0.4) is 0 Å². The highest BCUT2D eigenvalue weighted by Gasteiger charge is 2.38. The van der Waals surface area contributed by atoms with E-state index in [0.29, 0.717) is 13.2 Å². The smallest absolute Gasteiger partial charge is 0.243 e. The fourth-order valence-corrected chi connectivity index (χ4v) is 4.23. The lowest BCUT2D eigenvalue weighted by molar-refractivity contribution is -0.118. The normalized spacial score (nSPS) is 17.3. The molecule has 6 nitrogen and oxygen atoms in total. The molecule has 0 heterocycles. The van der Waals surface area contributed by atoms with Crippen molar-refractivity contribution in [1.29, 1.82) is 0 Å². The molecule has 35 heavy (non-hydrogen) atoms. The number of nitrogens with one attached hydrogen (secondary N) is 2. The second-order valence-corrected chi connectivity index (χ2v) is 9.95. The maximum Gasteiger partial charge on any atom is 0.243 e.